The summed E-state index contributed by atoms with van der Waals surface area (Å²) in [5, 5.41) is 13.1. The van der Waals surface area contributed by atoms with E-state index >= 15 is 0 Å². The first-order valence-corrected chi connectivity index (χ1v) is 8.63. The van der Waals surface area contributed by atoms with Crippen LogP contribution >= 0.6 is 0 Å². The molecule has 4 nitrogen and oxygen atoms in total. The maximum absolute atomic E-state index is 9.58. The first kappa shape index (κ1) is 20.8. The summed E-state index contributed by atoms with van der Waals surface area (Å²) in [6.07, 6.45) is 4.53. The summed E-state index contributed by atoms with van der Waals surface area (Å²) in [5.41, 5.74) is -0.109. The molecule has 0 rings (SSSR count). The number of hydrogen-bond acceptors (Lipinski definition) is 4. The topological polar surface area (TPSA) is 38.7 Å². The van der Waals surface area contributed by atoms with Gasteiger partial charge < -0.3 is 15.3 Å². The number of nitrogens with one attached hydrogen (secondary N) is 1. The first-order chi connectivity index (χ1) is 9.88. The van der Waals surface area contributed by atoms with Crippen LogP contribution in [0.2, 0.25) is 0 Å². The average molecular weight is 302 g/mol. The molecule has 0 amide bonds. The third-order valence-electron chi connectivity index (χ3n) is 4.23. The molecular formula is C17H39N3O. The molecule has 0 aliphatic heterocycles. The molecule has 128 valence electrons. The van der Waals surface area contributed by atoms with Crippen molar-refractivity contribution in [1.29, 1.82) is 0 Å². The molecule has 0 bridgehead atoms. The minimum atomic E-state index is -0.109. The zero-order valence-electron chi connectivity index (χ0n) is 15.3. The van der Waals surface area contributed by atoms with Gasteiger partial charge in [-0.1, -0.05) is 20.3 Å². The first-order valence-electron chi connectivity index (χ1n) is 8.63. The Bertz CT molecular complexity index is 248. The minimum absolute atomic E-state index is 0.109. The van der Waals surface area contributed by atoms with E-state index in [1.54, 1.807) is 0 Å². The van der Waals surface area contributed by atoms with Crippen molar-refractivity contribution in [1.82, 2.24) is 15.1 Å². The predicted octanol–water partition coefficient (Wildman–Crippen LogP) is 2.18. The Hall–Kier alpha value is -0.160. The van der Waals surface area contributed by atoms with Crippen molar-refractivity contribution in [2.24, 2.45) is 0 Å². The van der Waals surface area contributed by atoms with Crippen molar-refractivity contribution in [3.63, 3.8) is 0 Å². The molecule has 2 unspecified atom stereocenters. The zero-order chi connectivity index (χ0) is 16.3. The molecule has 21 heavy (non-hydrogen) atoms. The summed E-state index contributed by atoms with van der Waals surface area (Å²) >= 11 is 0. The molecule has 0 aliphatic rings. The molecular weight excluding hydrogens is 262 g/mol. The fourth-order valence-electron chi connectivity index (χ4n) is 2.81. The van der Waals surface area contributed by atoms with E-state index in [9.17, 15) is 5.11 Å². The molecule has 0 spiro atoms. The van der Waals surface area contributed by atoms with Crippen molar-refractivity contribution in [3.05, 3.63) is 0 Å². The predicted molar refractivity (Wildman–Crippen MR) is 92.9 cm³/mol. The number of unbranched alkanes of at least 4 members (excludes halogenated alkanes) is 1. The van der Waals surface area contributed by atoms with Gasteiger partial charge in [0.2, 0.25) is 0 Å². The van der Waals surface area contributed by atoms with Gasteiger partial charge in [-0.2, -0.15) is 0 Å². The third-order valence-corrected chi connectivity index (χ3v) is 4.23. The van der Waals surface area contributed by atoms with E-state index < -0.39 is 0 Å². The van der Waals surface area contributed by atoms with Crippen LogP contribution in [0.4, 0.5) is 0 Å². The molecule has 0 fully saturated rings. The highest BCUT2D eigenvalue weighted by molar-refractivity contribution is 4.82. The summed E-state index contributed by atoms with van der Waals surface area (Å²) in [4.78, 5) is 4.81. The lowest BCUT2D eigenvalue weighted by atomic mass is 9.95. The van der Waals surface area contributed by atoms with Gasteiger partial charge in [0.25, 0.3) is 0 Å². The molecule has 0 radical (unpaired) electrons. The quantitative estimate of drug-likeness (QED) is 0.512. The van der Waals surface area contributed by atoms with E-state index in [-0.39, 0.29) is 12.1 Å². The number of hydrogen-bond donors (Lipinski definition) is 2. The highest BCUT2D eigenvalue weighted by Gasteiger charge is 2.21. The zero-order valence-corrected chi connectivity index (χ0v) is 15.3. The molecule has 0 heterocycles. The SMILES string of the molecule is CCCNC(C)(CO)CCCCN(CC)C(C)CN(C)C. The summed E-state index contributed by atoms with van der Waals surface area (Å²) in [6.45, 7) is 13.4. The van der Waals surface area contributed by atoms with E-state index in [4.69, 9.17) is 0 Å². The Balaban J connectivity index is 4.04. The van der Waals surface area contributed by atoms with Crippen LogP contribution in [0.25, 0.3) is 0 Å². The highest BCUT2D eigenvalue weighted by Crippen LogP contribution is 2.14. The Morgan fingerprint density at radius 1 is 1.19 bits per heavy atom. The lowest BCUT2D eigenvalue weighted by Crippen LogP contribution is -2.46. The molecule has 0 saturated heterocycles. The van der Waals surface area contributed by atoms with Crippen LogP contribution in [0.15, 0.2) is 0 Å². The Morgan fingerprint density at radius 3 is 2.33 bits per heavy atom. The number of aliphatic hydroxyl groups is 1. The van der Waals surface area contributed by atoms with Gasteiger partial charge >= 0.3 is 0 Å². The summed E-state index contributed by atoms with van der Waals surface area (Å²) in [7, 11) is 4.27. The van der Waals surface area contributed by atoms with Gasteiger partial charge in [-0.3, -0.25) is 4.90 Å². The van der Waals surface area contributed by atoms with Crippen molar-refractivity contribution in [2.75, 3.05) is 46.9 Å². The Labute approximate surface area is 132 Å². The van der Waals surface area contributed by atoms with E-state index in [0.717, 1.165) is 39.0 Å². The van der Waals surface area contributed by atoms with E-state index in [1.165, 1.54) is 12.8 Å². The fourth-order valence-corrected chi connectivity index (χ4v) is 2.81. The standard InChI is InChI=1S/C17H39N3O/c1-7-12-18-17(4,15-21)11-9-10-13-20(8-2)16(3)14-19(5)6/h16,18,21H,7-15H2,1-6H3. The normalized spacial score (nSPS) is 16.4. The summed E-state index contributed by atoms with van der Waals surface area (Å²) in [6, 6.07) is 0.604. The molecule has 0 aliphatic carbocycles. The number of aliphatic hydroxyl groups excluding tert-OH is 1. The van der Waals surface area contributed by atoms with Crippen molar-refractivity contribution in [2.45, 2.75) is 65.0 Å². The minimum Gasteiger partial charge on any atom is -0.394 e. The van der Waals surface area contributed by atoms with Crippen molar-refractivity contribution < 1.29 is 5.11 Å². The van der Waals surface area contributed by atoms with E-state index in [0.29, 0.717) is 6.04 Å². The van der Waals surface area contributed by atoms with Gasteiger partial charge in [-0.25, -0.2) is 0 Å². The highest BCUT2D eigenvalue weighted by atomic mass is 16.3. The molecule has 2 atom stereocenters. The third kappa shape index (κ3) is 9.46. The second-order valence-electron chi connectivity index (χ2n) is 6.84. The van der Waals surface area contributed by atoms with Crippen LogP contribution in [-0.4, -0.2) is 73.4 Å². The number of likely N-dealkylation sites (N-methyl/N-ethyl adjacent to an activating group) is 2. The molecule has 2 N–H and O–H groups in total. The Kier molecular flexibility index (Phi) is 11.3. The lowest BCUT2D eigenvalue weighted by Gasteiger charge is -2.31. The van der Waals surface area contributed by atoms with Crippen LogP contribution < -0.4 is 5.32 Å². The van der Waals surface area contributed by atoms with Gasteiger partial charge in [0.05, 0.1) is 6.61 Å². The lowest BCUT2D eigenvalue weighted by molar-refractivity contribution is 0.153. The second-order valence-corrected chi connectivity index (χ2v) is 6.84. The van der Waals surface area contributed by atoms with E-state index in [2.05, 4.69) is 56.9 Å². The molecule has 0 aromatic carbocycles. The van der Waals surface area contributed by atoms with Gasteiger partial charge in [0.1, 0.15) is 0 Å². The number of nitrogens with zero attached hydrogens (tertiary/aromatic N) is 2. The summed E-state index contributed by atoms with van der Waals surface area (Å²) in [5.74, 6) is 0. The van der Waals surface area contributed by atoms with Crippen LogP contribution in [0.1, 0.15) is 53.4 Å². The summed E-state index contributed by atoms with van der Waals surface area (Å²) < 4.78 is 0. The smallest absolute Gasteiger partial charge is 0.0610 e. The monoisotopic (exact) mass is 301 g/mol. The van der Waals surface area contributed by atoms with Gasteiger partial charge in [0.15, 0.2) is 0 Å². The van der Waals surface area contributed by atoms with E-state index in [1.807, 2.05) is 0 Å². The molecule has 4 heteroatoms. The van der Waals surface area contributed by atoms with Crippen LogP contribution in [-0.2, 0) is 0 Å². The fraction of sp³-hybridized carbons (Fsp3) is 1.00. The molecule has 0 aromatic heterocycles. The maximum atomic E-state index is 9.58. The average Bonchev–Trinajstić information content (AvgIpc) is 2.44. The maximum Gasteiger partial charge on any atom is 0.0610 e. The van der Waals surface area contributed by atoms with Crippen LogP contribution in [0.3, 0.4) is 0 Å². The number of rotatable bonds is 13. The van der Waals surface area contributed by atoms with Gasteiger partial charge in [-0.05, 0) is 66.8 Å². The van der Waals surface area contributed by atoms with Crippen molar-refractivity contribution >= 4 is 0 Å². The van der Waals surface area contributed by atoms with Gasteiger partial charge in [0, 0.05) is 18.1 Å². The van der Waals surface area contributed by atoms with Crippen LogP contribution in [0.5, 0.6) is 0 Å². The van der Waals surface area contributed by atoms with Crippen molar-refractivity contribution in [3.8, 4) is 0 Å². The Morgan fingerprint density at radius 2 is 1.86 bits per heavy atom. The largest absolute Gasteiger partial charge is 0.394 e. The van der Waals surface area contributed by atoms with Gasteiger partial charge in [-0.15, -0.1) is 0 Å². The second kappa shape index (κ2) is 11.4. The van der Waals surface area contributed by atoms with Crippen LogP contribution in [0, 0.1) is 0 Å². The molecule has 0 aromatic rings. The molecule has 0 saturated carbocycles.